The Bertz CT molecular complexity index is 500. The maximum atomic E-state index is 12.0. The fourth-order valence-corrected chi connectivity index (χ4v) is 2.63. The second-order valence-corrected chi connectivity index (χ2v) is 6.64. The highest BCUT2D eigenvalue weighted by atomic mass is 32.2. The molecule has 7 heteroatoms. The van der Waals surface area contributed by atoms with Crippen LogP contribution in [0.4, 0.5) is 5.69 Å². The fraction of sp³-hybridized carbons (Fsp3) is 0.538. The molecule has 0 amide bonds. The van der Waals surface area contributed by atoms with Crippen LogP contribution < -0.4 is 4.90 Å². The number of hydrogen-bond donors (Lipinski definition) is 1. The molecule has 0 unspecified atom stereocenters. The monoisotopic (exact) mass is 302 g/mol. The van der Waals surface area contributed by atoms with Crippen LogP contribution in [0.1, 0.15) is 0 Å². The molecule has 20 heavy (non-hydrogen) atoms. The van der Waals surface area contributed by atoms with E-state index in [1.165, 1.54) is 18.4 Å². The largest absolute Gasteiger partial charge is 0.395 e. The first-order chi connectivity index (χ1) is 9.43. The first-order valence-corrected chi connectivity index (χ1v) is 7.75. The van der Waals surface area contributed by atoms with Crippen molar-refractivity contribution in [3.05, 3.63) is 24.3 Å². The molecule has 1 aromatic rings. The quantitative estimate of drug-likeness (QED) is 0.752. The van der Waals surface area contributed by atoms with E-state index in [9.17, 15) is 8.42 Å². The molecule has 1 N–H and O–H groups in total. The lowest BCUT2D eigenvalue weighted by atomic mass is 10.3. The number of aliphatic hydroxyl groups excluding tert-OH is 1. The van der Waals surface area contributed by atoms with Crippen molar-refractivity contribution in [2.24, 2.45) is 0 Å². The molecule has 1 aromatic carbocycles. The van der Waals surface area contributed by atoms with E-state index in [0.717, 1.165) is 5.69 Å². The average molecular weight is 302 g/mol. The zero-order chi connectivity index (χ0) is 15.2. The van der Waals surface area contributed by atoms with Crippen molar-refractivity contribution < 1.29 is 18.3 Å². The number of aliphatic hydroxyl groups is 1. The Kier molecular flexibility index (Phi) is 6.41. The first kappa shape index (κ1) is 16.9. The average Bonchev–Trinajstić information content (AvgIpc) is 2.43. The number of nitrogens with zero attached hydrogens (tertiary/aromatic N) is 2. The molecule has 0 aliphatic rings. The second kappa shape index (κ2) is 7.58. The molecular weight excluding hydrogens is 280 g/mol. The van der Waals surface area contributed by atoms with E-state index in [-0.39, 0.29) is 11.5 Å². The maximum absolute atomic E-state index is 12.0. The van der Waals surface area contributed by atoms with Gasteiger partial charge in [0.05, 0.1) is 18.1 Å². The molecular formula is C13H22N2O4S. The first-order valence-electron chi connectivity index (χ1n) is 6.31. The molecule has 6 nitrogen and oxygen atoms in total. The molecule has 0 atom stereocenters. The van der Waals surface area contributed by atoms with Crippen LogP contribution in [0.5, 0.6) is 0 Å². The van der Waals surface area contributed by atoms with E-state index in [4.69, 9.17) is 9.84 Å². The predicted octanol–water partition coefficient (Wildman–Crippen LogP) is 0.382. The minimum atomic E-state index is -3.41. The van der Waals surface area contributed by atoms with Crippen LogP contribution in [-0.4, -0.2) is 65.3 Å². The molecule has 1 rings (SSSR count). The second-order valence-electron chi connectivity index (χ2n) is 4.48. The molecule has 0 spiro atoms. The summed E-state index contributed by atoms with van der Waals surface area (Å²) in [6.45, 7) is 1.68. The van der Waals surface area contributed by atoms with Gasteiger partial charge in [0.2, 0.25) is 10.0 Å². The van der Waals surface area contributed by atoms with Crippen molar-refractivity contribution in [2.75, 3.05) is 52.4 Å². The van der Waals surface area contributed by atoms with Gasteiger partial charge in [-0.3, -0.25) is 0 Å². The van der Waals surface area contributed by atoms with Gasteiger partial charge < -0.3 is 14.7 Å². The van der Waals surface area contributed by atoms with Gasteiger partial charge in [-0.2, -0.15) is 0 Å². The normalized spacial score (nSPS) is 11.8. The van der Waals surface area contributed by atoms with Gasteiger partial charge in [-0.1, -0.05) is 0 Å². The van der Waals surface area contributed by atoms with E-state index in [0.29, 0.717) is 19.7 Å². The van der Waals surface area contributed by atoms with E-state index >= 15 is 0 Å². The predicted molar refractivity (Wildman–Crippen MR) is 78.5 cm³/mol. The van der Waals surface area contributed by atoms with Crippen molar-refractivity contribution in [1.29, 1.82) is 0 Å². The lowest BCUT2D eigenvalue weighted by molar-refractivity contribution is 0.203. The van der Waals surface area contributed by atoms with Crippen molar-refractivity contribution in [1.82, 2.24) is 4.31 Å². The third-order valence-electron chi connectivity index (χ3n) is 2.92. The van der Waals surface area contributed by atoms with E-state index in [2.05, 4.69) is 0 Å². The van der Waals surface area contributed by atoms with Crippen LogP contribution in [0.15, 0.2) is 29.2 Å². The third-order valence-corrected chi connectivity index (χ3v) is 4.75. The summed E-state index contributed by atoms with van der Waals surface area (Å²) in [5, 5.41) is 9.07. The van der Waals surface area contributed by atoms with Crippen molar-refractivity contribution in [3.8, 4) is 0 Å². The zero-order valence-electron chi connectivity index (χ0n) is 12.1. The zero-order valence-corrected chi connectivity index (χ0v) is 12.9. The summed E-state index contributed by atoms with van der Waals surface area (Å²) in [6, 6.07) is 6.62. The van der Waals surface area contributed by atoms with Gasteiger partial charge in [0.25, 0.3) is 0 Å². The van der Waals surface area contributed by atoms with Gasteiger partial charge in [0.15, 0.2) is 0 Å². The lowest BCUT2D eigenvalue weighted by Gasteiger charge is -2.24. The molecule has 0 bridgehead atoms. The molecule has 0 aliphatic heterocycles. The van der Waals surface area contributed by atoms with Crippen LogP contribution in [0.3, 0.4) is 0 Å². The van der Waals surface area contributed by atoms with Gasteiger partial charge in [0.1, 0.15) is 0 Å². The number of anilines is 1. The number of ether oxygens (including phenoxy) is 1. The standard InChI is InChI=1S/C13H22N2O4S/c1-14(2)20(17,18)13-6-4-12(5-7-13)15(8-10-16)9-11-19-3/h4-7,16H,8-11H2,1-3H3. The summed E-state index contributed by atoms with van der Waals surface area (Å²) in [5.74, 6) is 0. The van der Waals surface area contributed by atoms with Crippen molar-refractivity contribution in [2.45, 2.75) is 4.90 Å². The smallest absolute Gasteiger partial charge is 0.242 e. The topological polar surface area (TPSA) is 70.1 Å². The minimum Gasteiger partial charge on any atom is -0.395 e. The van der Waals surface area contributed by atoms with Gasteiger partial charge in [-0.05, 0) is 24.3 Å². The van der Waals surface area contributed by atoms with Gasteiger partial charge in [-0.15, -0.1) is 0 Å². The Morgan fingerprint density at radius 1 is 1.15 bits per heavy atom. The van der Waals surface area contributed by atoms with Crippen molar-refractivity contribution >= 4 is 15.7 Å². The molecule has 114 valence electrons. The van der Waals surface area contributed by atoms with E-state index in [1.807, 2.05) is 4.90 Å². The Morgan fingerprint density at radius 2 is 1.75 bits per heavy atom. The molecule has 0 aromatic heterocycles. The highest BCUT2D eigenvalue weighted by Crippen LogP contribution is 2.19. The molecule has 0 heterocycles. The molecule has 0 saturated carbocycles. The summed E-state index contributed by atoms with van der Waals surface area (Å²) in [6.07, 6.45) is 0. The summed E-state index contributed by atoms with van der Waals surface area (Å²) in [4.78, 5) is 2.19. The number of methoxy groups -OCH3 is 1. The summed E-state index contributed by atoms with van der Waals surface area (Å²) in [5.41, 5.74) is 0.855. The Labute approximate surface area is 120 Å². The molecule has 0 saturated heterocycles. The number of hydrogen-bond acceptors (Lipinski definition) is 5. The molecule has 0 aliphatic carbocycles. The third kappa shape index (κ3) is 4.17. The Hall–Kier alpha value is -1.15. The van der Waals surface area contributed by atoms with Crippen LogP contribution in [0, 0.1) is 0 Å². The highest BCUT2D eigenvalue weighted by molar-refractivity contribution is 7.89. The van der Waals surface area contributed by atoms with Crippen molar-refractivity contribution in [3.63, 3.8) is 0 Å². The van der Waals surface area contributed by atoms with Crippen LogP contribution >= 0.6 is 0 Å². The summed E-state index contributed by atoms with van der Waals surface area (Å²) < 4.78 is 30.1. The number of benzene rings is 1. The number of sulfonamides is 1. The summed E-state index contributed by atoms with van der Waals surface area (Å²) >= 11 is 0. The summed E-state index contributed by atoms with van der Waals surface area (Å²) in [7, 11) is 1.21. The lowest BCUT2D eigenvalue weighted by Crippen LogP contribution is -2.30. The highest BCUT2D eigenvalue weighted by Gasteiger charge is 2.17. The van der Waals surface area contributed by atoms with Crippen LogP contribution in [0.25, 0.3) is 0 Å². The van der Waals surface area contributed by atoms with Gasteiger partial charge in [-0.25, -0.2) is 12.7 Å². The Balaban J connectivity index is 2.93. The minimum absolute atomic E-state index is 0.0292. The fourth-order valence-electron chi connectivity index (χ4n) is 1.73. The van der Waals surface area contributed by atoms with Gasteiger partial charge >= 0.3 is 0 Å². The van der Waals surface area contributed by atoms with Gasteiger partial charge in [0, 0.05) is 40.0 Å². The SMILES string of the molecule is COCCN(CCO)c1ccc(S(=O)(=O)N(C)C)cc1. The maximum Gasteiger partial charge on any atom is 0.242 e. The molecule has 0 fully saturated rings. The van der Waals surface area contributed by atoms with Crippen LogP contribution in [0.2, 0.25) is 0 Å². The Morgan fingerprint density at radius 3 is 2.20 bits per heavy atom. The van der Waals surface area contributed by atoms with Crippen LogP contribution in [-0.2, 0) is 14.8 Å². The van der Waals surface area contributed by atoms with E-state index < -0.39 is 10.0 Å². The molecule has 0 radical (unpaired) electrons. The number of rotatable bonds is 8. The van der Waals surface area contributed by atoms with E-state index in [1.54, 1.807) is 31.4 Å².